The van der Waals surface area contributed by atoms with Crippen molar-refractivity contribution >= 4 is 5.91 Å². The molecule has 1 aromatic carbocycles. The molecule has 1 amide bonds. The van der Waals surface area contributed by atoms with Crippen molar-refractivity contribution < 1.29 is 4.79 Å². The maximum Gasteiger partial charge on any atom is 0.255 e. The Morgan fingerprint density at radius 1 is 1.15 bits per heavy atom. The number of carbonyl (C=O) groups is 1. The number of nitrogens with one attached hydrogen (secondary N) is 1. The van der Waals surface area contributed by atoms with E-state index in [4.69, 9.17) is 0 Å². The predicted octanol–water partition coefficient (Wildman–Crippen LogP) is 4.11. The minimum absolute atomic E-state index is 0.0710. The van der Waals surface area contributed by atoms with Gasteiger partial charge in [-0.05, 0) is 43.9 Å². The summed E-state index contributed by atoms with van der Waals surface area (Å²) in [6, 6.07) is 10.4. The number of nitrogens with zero attached hydrogens (tertiary/aromatic N) is 3. The molecule has 138 valence electrons. The third-order valence-electron chi connectivity index (χ3n) is 5.42. The van der Waals surface area contributed by atoms with Crippen molar-refractivity contribution in [3.63, 3.8) is 0 Å². The molecular formula is C22H24N4O. The third kappa shape index (κ3) is 3.50. The largest absolute Gasteiger partial charge is 0.338 e. The molecule has 0 aliphatic carbocycles. The van der Waals surface area contributed by atoms with Gasteiger partial charge in [0.05, 0.1) is 11.8 Å². The van der Waals surface area contributed by atoms with Crippen molar-refractivity contribution in [2.45, 2.75) is 32.6 Å². The highest BCUT2D eigenvalue weighted by molar-refractivity contribution is 5.95. The van der Waals surface area contributed by atoms with Crippen molar-refractivity contribution in [2.24, 2.45) is 0 Å². The molecule has 5 heteroatoms. The van der Waals surface area contributed by atoms with Gasteiger partial charge < -0.3 is 4.90 Å². The topological polar surface area (TPSA) is 61.9 Å². The second kappa shape index (κ2) is 7.35. The highest BCUT2D eigenvalue weighted by Gasteiger charge is 2.28. The van der Waals surface area contributed by atoms with Crippen LogP contribution in [-0.4, -0.2) is 39.1 Å². The Balaban J connectivity index is 1.58. The summed E-state index contributed by atoms with van der Waals surface area (Å²) in [6.07, 6.45) is 7.34. The van der Waals surface area contributed by atoms with Crippen LogP contribution in [-0.2, 0) is 0 Å². The van der Waals surface area contributed by atoms with E-state index in [0.29, 0.717) is 12.1 Å². The van der Waals surface area contributed by atoms with Crippen LogP contribution in [0.4, 0.5) is 0 Å². The Kier molecular flexibility index (Phi) is 4.75. The second-order valence-electron chi connectivity index (χ2n) is 7.34. The maximum absolute atomic E-state index is 13.0. The third-order valence-corrected chi connectivity index (χ3v) is 5.42. The van der Waals surface area contributed by atoms with Crippen molar-refractivity contribution in [3.05, 3.63) is 71.3 Å². The first-order valence-corrected chi connectivity index (χ1v) is 9.43. The Morgan fingerprint density at radius 2 is 1.96 bits per heavy atom. The SMILES string of the molecule is Cc1ccc(-c2cn[nH]c2[C@@H]2CCCN(C(=O)c3cnccc3C)C2)cc1. The molecule has 3 aromatic rings. The molecule has 1 aliphatic rings. The van der Waals surface area contributed by atoms with Crippen LogP contribution in [0.1, 0.15) is 45.9 Å². The summed E-state index contributed by atoms with van der Waals surface area (Å²) >= 11 is 0. The summed E-state index contributed by atoms with van der Waals surface area (Å²) in [5, 5.41) is 7.50. The van der Waals surface area contributed by atoms with Gasteiger partial charge >= 0.3 is 0 Å². The molecule has 0 bridgehead atoms. The number of hydrogen-bond acceptors (Lipinski definition) is 3. The molecule has 3 heterocycles. The van der Waals surface area contributed by atoms with Crippen LogP contribution >= 0.6 is 0 Å². The van der Waals surface area contributed by atoms with E-state index in [1.165, 1.54) is 5.56 Å². The molecule has 5 nitrogen and oxygen atoms in total. The van der Waals surface area contributed by atoms with Crippen molar-refractivity contribution in [1.29, 1.82) is 0 Å². The molecular weight excluding hydrogens is 336 g/mol. The van der Waals surface area contributed by atoms with Gasteiger partial charge in [-0.1, -0.05) is 29.8 Å². The average molecular weight is 360 g/mol. The fraction of sp³-hybridized carbons (Fsp3) is 0.318. The lowest BCUT2D eigenvalue weighted by atomic mass is 9.90. The molecule has 0 radical (unpaired) electrons. The van der Waals surface area contributed by atoms with E-state index in [-0.39, 0.29) is 11.8 Å². The number of aromatic nitrogens is 3. The lowest BCUT2D eigenvalue weighted by molar-refractivity contribution is 0.0705. The lowest BCUT2D eigenvalue weighted by Crippen LogP contribution is -2.39. The molecule has 0 saturated carbocycles. The van der Waals surface area contributed by atoms with Crippen LogP contribution in [0, 0.1) is 13.8 Å². The number of likely N-dealkylation sites (tertiary alicyclic amines) is 1. The summed E-state index contributed by atoms with van der Waals surface area (Å²) < 4.78 is 0. The molecule has 0 spiro atoms. The molecule has 1 N–H and O–H groups in total. The normalized spacial score (nSPS) is 17.1. The average Bonchev–Trinajstić information content (AvgIpc) is 3.18. The molecule has 1 atom stereocenters. The molecule has 2 aromatic heterocycles. The minimum atomic E-state index is 0.0710. The number of amides is 1. The highest BCUT2D eigenvalue weighted by atomic mass is 16.2. The van der Waals surface area contributed by atoms with Gasteiger partial charge in [0.1, 0.15) is 0 Å². The standard InChI is InChI=1S/C22H24N4O/c1-15-5-7-17(8-6-15)20-13-24-25-21(20)18-4-3-11-26(14-18)22(27)19-12-23-10-9-16(19)2/h5-10,12-13,18H,3-4,11,14H2,1-2H3,(H,24,25)/t18-/m1/s1. The first-order valence-electron chi connectivity index (χ1n) is 9.43. The van der Waals surface area contributed by atoms with Crippen LogP contribution in [0.15, 0.2) is 48.9 Å². The number of pyridine rings is 1. The molecule has 1 saturated heterocycles. The van der Waals surface area contributed by atoms with Crippen molar-refractivity contribution in [2.75, 3.05) is 13.1 Å². The van der Waals surface area contributed by atoms with E-state index in [0.717, 1.165) is 41.8 Å². The van der Waals surface area contributed by atoms with Crippen LogP contribution in [0.25, 0.3) is 11.1 Å². The Hall–Kier alpha value is -2.95. The number of rotatable bonds is 3. The Morgan fingerprint density at radius 3 is 2.74 bits per heavy atom. The van der Waals surface area contributed by atoms with E-state index in [1.54, 1.807) is 12.4 Å². The van der Waals surface area contributed by atoms with Gasteiger partial charge in [-0.15, -0.1) is 0 Å². The molecule has 4 rings (SSSR count). The number of aryl methyl sites for hydroxylation is 2. The van der Waals surface area contributed by atoms with Crippen molar-refractivity contribution in [1.82, 2.24) is 20.1 Å². The molecule has 1 aliphatic heterocycles. The zero-order valence-electron chi connectivity index (χ0n) is 15.8. The van der Waals surface area contributed by atoms with Crippen LogP contribution in [0.2, 0.25) is 0 Å². The van der Waals surface area contributed by atoms with Crippen LogP contribution < -0.4 is 0 Å². The summed E-state index contributed by atoms with van der Waals surface area (Å²) in [5.41, 5.74) is 6.33. The Labute approximate surface area is 159 Å². The second-order valence-corrected chi connectivity index (χ2v) is 7.34. The first kappa shape index (κ1) is 17.5. The monoisotopic (exact) mass is 360 g/mol. The summed E-state index contributed by atoms with van der Waals surface area (Å²) in [4.78, 5) is 19.1. The zero-order chi connectivity index (χ0) is 18.8. The number of H-pyrrole nitrogens is 1. The minimum Gasteiger partial charge on any atom is -0.338 e. The van der Waals surface area contributed by atoms with E-state index in [1.807, 2.05) is 24.1 Å². The number of hydrogen-bond donors (Lipinski definition) is 1. The Bertz CT molecular complexity index is 945. The number of benzene rings is 1. The number of aromatic amines is 1. The van der Waals surface area contributed by atoms with Gasteiger partial charge in [-0.25, -0.2) is 0 Å². The van der Waals surface area contributed by atoms with E-state index in [9.17, 15) is 4.79 Å². The van der Waals surface area contributed by atoms with Crippen LogP contribution in [0.5, 0.6) is 0 Å². The summed E-state index contributed by atoms with van der Waals surface area (Å²) in [5.74, 6) is 0.334. The van der Waals surface area contributed by atoms with Gasteiger partial charge in [0, 0.05) is 42.7 Å². The molecule has 27 heavy (non-hydrogen) atoms. The fourth-order valence-electron chi connectivity index (χ4n) is 3.83. The van der Waals surface area contributed by atoms with E-state index in [2.05, 4.69) is 46.4 Å². The zero-order valence-corrected chi connectivity index (χ0v) is 15.8. The number of carbonyl (C=O) groups excluding carboxylic acids is 1. The van der Waals surface area contributed by atoms with Gasteiger partial charge in [-0.3, -0.25) is 14.9 Å². The van der Waals surface area contributed by atoms with E-state index < -0.39 is 0 Å². The lowest BCUT2D eigenvalue weighted by Gasteiger charge is -2.33. The first-order chi connectivity index (χ1) is 13.1. The quantitative estimate of drug-likeness (QED) is 0.765. The van der Waals surface area contributed by atoms with Crippen molar-refractivity contribution in [3.8, 4) is 11.1 Å². The fourth-order valence-corrected chi connectivity index (χ4v) is 3.83. The summed E-state index contributed by atoms with van der Waals surface area (Å²) in [6.45, 7) is 5.54. The maximum atomic E-state index is 13.0. The van der Waals surface area contributed by atoms with Gasteiger partial charge in [-0.2, -0.15) is 5.10 Å². The number of piperidine rings is 1. The van der Waals surface area contributed by atoms with E-state index >= 15 is 0 Å². The smallest absolute Gasteiger partial charge is 0.255 e. The molecule has 0 unspecified atom stereocenters. The molecule has 1 fully saturated rings. The summed E-state index contributed by atoms with van der Waals surface area (Å²) in [7, 11) is 0. The van der Waals surface area contributed by atoms with Gasteiger partial charge in [0.25, 0.3) is 5.91 Å². The van der Waals surface area contributed by atoms with Gasteiger partial charge in [0.15, 0.2) is 0 Å². The van der Waals surface area contributed by atoms with Crippen LogP contribution in [0.3, 0.4) is 0 Å². The van der Waals surface area contributed by atoms with Gasteiger partial charge in [0.2, 0.25) is 0 Å². The highest BCUT2D eigenvalue weighted by Crippen LogP contribution is 2.33. The predicted molar refractivity (Wildman–Crippen MR) is 106 cm³/mol.